The number of rotatable bonds is 7. The Morgan fingerprint density at radius 1 is 1.15 bits per heavy atom. The smallest absolute Gasteiger partial charge is 0.338 e. The predicted octanol–water partition coefficient (Wildman–Crippen LogP) is 4.88. The van der Waals surface area contributed by atoms with Crippen molar-refractivity contribution in [1.29, 1.82) is 0 Å². The number of hydrogen-bond acceptors (Lipinski definition) is 6. The highest BCUT2D eigenvalue weighted by Gasteiger charge is 2.43. The van der Waals surface area contributed by atoms with E-state index in [1.54, 1.807) is 32.0 Å². The Morgan fingerprint density at radius 3 is 2.53 bits per heavy atom. The van der Waals surface area contributed by atoms with Gasteiger partial charge >= 0.3 is 11.7 Å². The van der Waals surface area contributed by atoms with Gasteiger partial charge in [0, 0.05) is 17.2 Å². The second kappa shape index (κ2) is 9.43. The number of benzene rings is 2. The van der Waals surface area contributed by atoms with Crippen LogP contribution in [-0.2, 0) is 16.0 Å². The van der Waals surface area contributed by atoms with E-state index in [1.165, 1.54) is 7.11 Å². The minimum absolute atomic E-state index is 0.00627. The molecule has 2 atom stereocenters. The van der Waals surface area contributed by atoms with E-state index in [-0.39, 0.29) is 35.2 Å². The predicted molar refractivity (Wildman–Crippen MR) is 128 cm³/mol. The van der Waals surface area contributed by atoms with Crippen LogP contribution in [0.1, 0.15) is 33.6 Å². The number of methoxy groups -OCH3 is 1. The SMILES string of the molecule is COC(=O)c1ccccc1-c1ccc(CC2CC2C(=O)Nc2nc(C)cc(C)c2[N+](=O)[O-])cc1. The molecule has 1 N–H and O–H groups in total. The lowest BCUT2D eigenvalue weighted by Gasteiger charge is -2.09. The van der Waals surface area contributed by atoms with Gasteiger partial charge in [-0.15, -0.1) is 0 Å². The summed E-state index contributed by atoms with van der Waals surface area (Å²) in [6.45, 7) is 3.37. The molecule has 1 amide bonds. The summed E-state index contributed by atoms with van der Waals surface area (Å²) in [5.41, 5.74) is 4.20. The summed E-state index contributed by atoms with van der Waals surface area (Å²) in [7, 11) is 1.36. The molecular weight excluding hydrogens is 434 g/mol. The molecule has 8 nitrogen and oxygen atoms in total. The monoisotopic (exact) mass is 459 g/mol. The number of hydrogen-bond donors (Lipinski definition) is 1. The molecule has 4 rings (SSSR count). The van der Waals surface area contributed by atoms with Crippen LogP contribution in [0.15, 0.2) is 54.6 Å². The summed E-state index contributed by atoms with van der Waals surface area (Å²) in [6.07, 6.45) is 1.44. The Kier molecular flexibility index (Phi) is 6.40. The lowest BCUT2D eigenvalue weighted by atomic mass is 9.97. The van der Waals surface area contributed by atoms with Crippen molar-refractivity contribution in [2.75, 3.05) is 12.4 Å². The Hall–Kier alpha value is -4.07. The number of aryl methyl sites for hydroxylation is 2. The standard InChI is InChI=1S/C26H25N3O5/c1-15-12-16(2)27-24(23(15)29(32)33)28-25(30)22-14-19(22)13-17-8-10-18(11-9-17)20-6-4-5-7-21(20)26(31)34-3/h4-12,19,22H,13-14H2,1-3H3,(H,27,28,30). The number of esters is 1. The third-order valence-electron chi connectivity index (χ3n) is 6.09. The van der Waals surface area contributed by atoms with E-state index in [2.05, 4.69) is 10.3 Å². The highest BCUT2D eigenvalue weighted by molar-refractivity contribution is 5.97. The number of nitrogens with one attached hydrogen (secondary N) is 1. The fourth-order valence-corrected chi connectivity index (χ4v) is 4.30. The first-order chi connectivity index (χ1) is 16.3. The number of carbonyl (C=O) groups is 2. The third-order valence-corrected chi connectivity index (χ3v) is 6.09. The quantitative estimate of drug-likeness (QED) is 0.306. The number of carbonyl (C=O) groups excluding carboxylic acids is 2. The molecule has 0 radical (unpaired) electrons. The van der Waals surface area contributed by atoms with Gasteiger partial charge in [0.25, 0.3) is 0 Å². The van der Waals surface area contributed by atoms with Crippen molar-refractivity contribution in [1.82, 2.24) is 4.98 Å². The number of ether oxygens (including phenoxy) is 1. The van der Waals surface area contributed by atoms with Crippen LogP contribution < -0.4 is 5.32 Å². The maximum atomic E-state index is 12.7. The molecule has 1 aliphatic rings. The average molecular weight is 460 g/mol. The molecule has 34 heavy (non-hydrogen) atoms. The van der Waals surface area contributed by atoms with Crippen LogP contribution in [0.4, 0.5) is 11.5 Å². The lowest BCUT2D eigenvalue weighted by molar-refractivity contribution is -0.384. The summed E-state index contributed by atoms with van der Waals surface area (Å²) >= 11 is 0. The van der Waals surface area contributed by atoms with Gasteiger partial charge in [0.2, 0.25) is 11.7 Å². The molecule has 1 saturated carbocycles. The van der Waals surface area contributed by atoms with Crippen molar-refractivity contribution < 1.29 is 19.2 Å². The van der Waals surface area contributed by atoms with E-state index >= 15 is 0 Å². The number of amides is 1. The Morgan fingerprint density at radius 2 is 1.85 bits per heavy atom. The second-order valence-electron chi connectivity index (χ2n) is 8.56. The summed E-state index contributed by atoms with van der Waals surface area (Å²) in [5, 5.41) is 14.1. The molecule has 1 aromatic heterocycles. The number of aromatic nitrogens is 1. The highest BCUT2D eigenvalue weighted by Crippen LogP contribution is 2.42. The molecule has 1 heterocycles. The average Bonchev–Trinajstić information content (AvgIpc) is 3.57. The second-order valence-corrected chi connectivity index (χ2v) is 8.56. The molecule has 2 unspecified atom stereocenters. The van der Waals surface area contributed by atoms with E-state index in [0.29, 0.717) is 16.8 Å². The molecule has 0 spiro atoms. The van der Waals surface area contributed by atoms with Crippen LogP contribution in [0.25, 0.3) is 11.1 Å². The van der Waals surface area contributed by atoms with Crippen molar-refractivity contribution in [3.05, 3.63) is 87.1 Å². The van der Waals surface area contributed by atoms with Gasteiger partial charge in [0.1, 0.15) is 0 Å². The van der Waals surface area contributed by atoms with E-state index in [0.717, 1.165) is 29.5 Å². The van der Waals surface area contributed by atoms with E-state index in [9.17, 15) is 19.7 Å². The molecule has 174 valence electrons. The van der Waals surface area contributed by atoms with E-state index in [4.69, 9.17) is 4.74 Å². The molecule has 1 aliphatic carbocycles. The van der Waals surface area contributed by atoms with Crippen LogP contribution in [0, 0.1) is 35.8 Å². The van der Waals surface area contributed by atoms with E-state index in [1.807, 2.05) is 36.4 Å². The molecule has 3 aromatic rings. The Bertz CT molecular complexity index is 1270. The highest BCUT2D eigenvalue weighted by atomic mass is 16.6. The number of nitrogens with zero attached hydrogens (tertiary/aromatic N) is 2. The van der Waals surface area contributed by atoms with Crippen molar-refractivity contribution in [2.24, 2.45) is 11.8 Å². The fraction of sp³-hybridized carbons (Fsp3) is 0.269. The van der Waals surface area contributed by atoms with Crippen LogP contribution in [0.3, 0.4) is 0 Å². The molecule has 0 saturated heterocycles. The topological polar surface area (TPSA) is 111 Å². The summed E-state index contributed by atoms with van der Waals surface area (Å²) in [6, 6.07) is 16.8. The molecule has 0 aliphatic heterocycles. The van der Waals surface area contributed by atoms with Crippen molar-refractivity contribution >= 4 is 23.4 Å². The Balaban J connectivity index is 1.42. The largest absolute Gasteiger partial charge is 0.465 e. The first-order valence-electron chi connectivity index (χ1n) is 11.0. The fourth-order valence-electron chi connectivity index (χ4n) is 4.30. The van der Waals surface area contributed by atoms with Crippen molar-refractivity contribution in [3.8, 4) is 11.1 Å². The van der Waals surface area contributed by atoms with Crippen molar-refractivity contribution in [3.63, 3.8) is 0 Å². The molecule has 8 heteroatoms. The van der Waals surface area contributed by atoms with Gasteiger partial charge in [-0.25, -0.2) is 9.78 Å². The minimum Gasteiger partial charge on any atom is -0.465 e. The summed E-state index contributed by atoms with van der Waals surface area (Å²) in [5.74, 6) is -0.661. The van der Waals surface area contributed by atoms with Gasteiger partial charge < -0.3 is 10.1 Å². The van der Waals surface area contributed by atoms with Gasteiger partial charge in [-0.05, 0) is 61.4 Å². The van der Waals surface area contributed by atoms with Gasteiger partial charge in [-0.2, -0.15) is 0 Å². The maximum absolute atomic E-state index is 12.7. The number of anilines is 1. The van der Waals surface area contributed by atoms with Crippen LogP contribution in [0.2, 0.25) is 0 Å². The molecule has 0 bridgehead atoms. The first kappa shape index (κ1) is 23.1. The summed E-state index contributed by atoms with van der Waals surface area (Å²) < 4.78 is 4.87. The minimum atomic E-state index is -0.512. The maximum Gasteiger partial charge on any atom is 0.338 e. The number of nitro groups is 1. The first-order valence-corrected chi connectivity index (χ1v) is 11.0. The van der Waals surface area contributed by atoms with Crippen LogP contribution in [-0.4, -0.2) is 28.9 Å². The van der Waals surface area contributed by atoms with Crippen molar-refractivity contribution in [2.45, 2.75) is 26.7 Å². The zero-order valence-electron chi connectivity index (χ0n) is 19.2. The van der Waals surface area contributed by atoms with Crippen LogP contribution >= 0.6 is 0 Å². The summed E-state index contributed by atoms with van der Waals surface area (Å²) in [4.78, 5) is 39.9. The van der Waals surface area contributed by atoms with E-state index < -0.39 is 4.92 Å². The van der Waals surface area contributed by atoms with Gasteiger partial charge in [0.15, 0.2) is 0 Å². The normalized spacial score (nSPS) is 16.6. The molecule has 1 fully saturated rings. The zero-order valence-corrected chi connectivity index (χ0v) is 19.2. The lowest BCUT2D eigenvalue weighted by Crippen LogP contribution is -2.18. The van der Waals surface area contributed by atoms with Gasteiger partial charge in [-0.1, -0.05) is 42.5 Å². The Labute approximate surface area is 197 Å². The third kappa shape index (κ3) is 4.80. The van der Waals surface area contributed by atoms with Gasteiger partial charge in [-0.3, -0.25) is 14.9 Å². The zero-order chi connectivity index (χ0) is 24.4. The number of pyridine rings is 1. The molecular formula is C26H25N3O5. The van der Waals surface area contributed by atoms with Crippen LogP contribution in [0.5, 0.6) is 0 Å². The van der Waals surface area contributed by atoms with Gasteiger partial charge in [0.05, 0.1) is 17.6 Å². The molecule has 2 aromatic carbocycles.